The molecule has 4 N–H and O–H groups in total. The summed E-state index contributed by atoms with van der Waals surface area (Å²) in [6.07, 6.45) is 9.58. The molecule has 1 aromatic carbocycles. The predicted molar refractivity (Wildman–Crippen MR) is 118 cm³/mol. The molecule has 0 aliphatic heterocycles. The van der Waals surface area contributed by atoms with Crippen LogP contribution in [-0.2, 0) is 10.0 Å². The van der Waals surface area contributed by atoms with Gasteiger partial charge in [0.05, 0.1) is 6.04 Å². The Morgan fingerprint density at radius 1 is 1.14 bits per heavy atom. The first kappa shape index (κ1) is 22.6. The number of benzene rings is 1. The smallest absolute Gasteiger partial charge is 0.238 e. The van der Waals surface area contributed by atoms with Crippen LogP contribution in [0.15, 0.2) is 60.2 Å². The summed E-state index contributed by atoms with van der Waals surface area (Å²) in [4.78, 5) is -1.68. The van der Waals surface area contributed by atoms with Crippen molar-refractivity contribution < 1.29 is 8.42 Å². The third-order valence-electron chi connectivity index (χ3n) is 4.92. The van der Waals surface area contributed by atoms with Crippen molar-refractivity contribution >= 4 is 15.6 Å². The molecule has 0 aromatic heterocycles. The molecule has 0 fully saturated rings. The van der Waals surface area contributed by atoms with Gasteiger partial charge >= 0.3 is 0 Å². The van der Waals surface area contributed by atoms with E-state index in [-0.39, 0.29) is 0 Å². The number of rotatable bonds is 9. The average Bonchev–Trinajstić information content (AvgIpc) is 2.68. The Balaban J connectivity index is 2.56. The van der Waals surface area contributed by atoms with Gasteiger partial charge in [-0.05, 0) is 42.0 Å². The molecule has 5 nitrogen and oxygen atoms in total. The summed E-state index contributed by atoms with van der Waals surface area (Å²) >= 11 is 0. The van der Waals surface area contributed by atoms with Crippen LogP contribution >= 0.6 is 0 Å². The summed E-state index contributed by atoms with van der Waals surface area (Å²) in [6.45, 7) is 6.84. The molecule has 1 aliphatic rings. The third kappa shape index (κ3) is 4.46. The van der Waals surface area contributed by atoms with Gasteiger partial charge in [-0.2, -0.15) is 4.31 Å². The quantitative estimate of drug-likeness (QED) is 0.661. The summed E-state index contributed by atoms with van der Waals surface area (Å²) in [5.74, 6) is 0. The lowest BCUT2D eigenvalue weighted by Crippen LogP contribution is -2.63. The lowest BCUT2D eigenvalue weighted by atomic mass is 9.89. The molecule has 28 heavy (non-hydrogen) atoms. The Morgan fingerprint density at radius 3 is 2.29 bits per heavy atom. The van der Waals surface area contributed by atoms with Gasteiger partial charge in [0.25, 0.3) is 0 Å². The molecular formula is C22H33N3O2S. The van der Waals surface area contributed by atoms with E-state index in [2.05, 4.69) is 13.0 Å². The zero-order chi connectivity index (χ0) is 20.8. The molecular weight excluding hydrogens is 370 g/mol. The summed E-state index contributed by atoms with van der Waals surface area (Å²) in [5, 5.41) is 0. The van der Waals surface area contributed by atoms with Crippen LogP contribution in [0.1, 0.15) is 45.6 Å². The minimum atomic E-state index is -3.83. The van der Waals surface area contributed by atoms with Gasteiger partial charge in [-0.1, -0.05) is 69.3 Å². The molecule has 154 valence electrons. The van der Waals surface area contributed by atoms with E-state index in [4.69, 9.17) is 11.5 Å². The normalized spacial score (nSPS) is 23.1. The van der Waals surface area contributed by atoms with E-state index in [1.54, 1.807) is 12.2 Å². The topological polar surface area (TPSA) is 89.4 Å². The monoisotopic (exact) mass is 403 g/mol. The summed E-state index contributed by atoms with van der Waals surface area (Å²) < 4.78 is 28.4. The van der Waals surface area contributed by atoms with E-state index >= 15 is 0 Å². The maximum Gasteiger partial charge on any atom is 0.238 e. The van der Waals surface area contributed by atoms with Gasteiger partial charge in [0.15, 0.2) is 4.87 Å². The molecule has 2 atom stereocenters. The fourth-order valence-electron chi connectivity index (χ4n) is 3.46. The number of sulfonamides is 1. The van der Waals surface area contributed by atoms with Crippen LogP contribution in [-0.4, -0.2) is 36.7 Å². The first-order valence-electron chi connectivity index (χ1n) is 10.0. The van der Waals surface area contributed by atoms with Crippen LogP contribution in [0.2, 0.25) is 0 Å². The Bertz CT molecular complexity index is 838. The fourth-order valence-corrected chi connectivity index (χ4v) is 5.45. The SMILES string of the molecule is CCC=C(C1=CC(N)(S(=O)(=O)N(CCC)CCC)C(N)C=C1)c1ccccc1. The highest BCUT2D eigenvalue weighted by Crippen LogP contribution is 2.33. The van der Waals surface area contributed by atoms with Crippen molar-refractivity contribution in [1.29, 1.82) is 0 Å². The Kier molecular flexibility index (Phi) is 7.78. The summed E-state index contributed by atoms with van der Waals surface area (Å²) in [7, 11) is -3.83. The molecule has 0 bridgehead atoms. The van der Waals surface area contributed by atoms with E-state index < -0.39 is 20.9 Å². The van der Waals surface area contributed by atoms with Gasteiger partial charge in [-0.3, -0.25) is 0 Å². The summed E-state index contributed by atoms with van der Waals surface area (Å²) in [6, 6.07) is 9.11. The van der Waals surface area contributed by atoms with Crippen molar-refractivity contribution in [2.75, 3.05) is 13.1 Å². The molecule has 0 radical (unpaired) electrons. The molecule has 1 aromatic rings. The standard InChI is InChI=1S/C22H33N3O2S/c1-4-10-20(18-11-8-7-9-12-18)19-13-14-21(23)22(24,17-19)28(26,27)25(15-5-2)16-6-3/h7-14,17,21H,4-6,15-16,23-24H2,1-3H3. The van der Waals surface area contributed by atoms with Crippen LogP contribution in [0.3, 0.4) is 0 Å². The molecule has 0 amide bonds. The van der Waals surface area contributed by atoms with E-state index in [9.17, 15) is 8.42 Å². The van der Waals surface area contributed by atoms with Gasteiger partial charge in [0, 0.05) is 13.1 Å². The van der Waals surface area contributed by atoms with Gasteiger partial charge in [0.2, 0.25) is 10.0 Å². The van der Waals surface area contributed by atoms with Crippen molar-refractivity contribution in [1.82, 2.24) is 4.31 Å². The van der Waals surface area contributed by atoms with Gasteiger partial charge in [0.1, 0.15) is 0 Å². The molecule has 0 spiro atoms. The van der Waals surface area contributed by atoms with E-state index in [0.717, 1.165) is 36.0 Å². The van der Waals surface area contributed by atoms with E-state index in [0.29, 0.717) is 13.1 Å². The lowest BCUT2D eigenvalue weighted by molar-refractivity contribution is 0.387. The average molecular weight is 404 g/mol. The predicted octanol–water partition coefficient (Wildman–Crippen LogP) is 3.41. The third-order valence-corrected chi connectivity index (χ3v) is 7.25. The Labute approximate surface area is 169 Å². The van der Waals surface area contributed by atoms with Crippen LogP contribution < -0.4 is 11.5 Å². The number of allylic oxidation sites excluding steroid dienone is 4. The number of hydrogen-bond acceptors (Lipinski definition) is 4. The highest BCUT2D eigenvalue weighted by molar-refractivity contribution is 7.90. The molecule has 6 heteroatoms. The second-order valence-corrected chi connectivity index (χ2v) is 9.31. The molecule has 0 heterocycles. The first-order chi connectivity index (χ1) is 13.3. The van der Waals surface area contributed by atoms with Gasteiger partial charge in [-0.15, -0.1) is 0 Å². The lowest BCUT2D eigenvalue weighted by Gasteiger charge is -2.38. The number of nitrogens with two attached hydrogens (primary N) is 2. The molecule has 1 aliphatic carbocycles. The molecule has 0 saturated heterocycles. The second kappa shape index (κ2) is 9.65. The zero-order valence-corrected chi connectivity index (χ0v) is 18.0. The van der Waals surface area contributed by atoms with Crippen molar-refractivity contribution in [3.8, 4) is 0 Å². The maximum absolute atomic E-state index is 13.5. The highest BCUT2D eigenvalue weighted by Gasteiger charge is 2.47. The Hall–Kier alpha value is -1.73. The number of nitrogens with zero attached hydrogens (tertiary/aromatic N) is 1. The second-order valence-electron chi connectivity index (χ2n) is 7.13. The molecule has 0 saturated carbocycles. The first-order valence-corrected chi connectivity index (χ1v) is 11.5. The van der Waals surface area contributed by atoms with E-state index in [1.807, 2.05) is 50.3 Å². The van der Waals surface area contributed by atoms with Crippen LogP contribution in [0, 0.1) is 0 Å². The fraction of sp³-hybridized carbons (Fsp3) is 0.455. The Morgan fingerprint density at radius 2 is 1.75 bits per heavy atom. The maximum atomic E-state index is 13.5. The number of hydrogen-bond donors (Lipinski definition) is 2. The van der Waals surface area contributed by atoms with Crippen molar-refractivity contribution in [2.45, 2.75) is 50.9 Å². The minimum Gasteiger partial charge on any atom is -0.322 e. The zero-order valence-electron chi connectivity index (χ0n) is 17.1. The van der Waals surface area contributed by atoms with Crippen LogP contribution in [0.25, 0.3) is 5.57 Å². The molecule has 2 rings (SSSR count). The van der Waals surface area contributed by atoms with Gasteiger partial charge in [-0.25, -0.2) is 8.42 Å². The largest absolute Gasteiger partial charge is 0.322 e. The van der Waals surface area contributed by atoms with Crippen LogP contribution in [0.5, 0.6) is 0 Å². The van der Waals surface area contributed by atoms with Crippen molar-refractivity contribution in [2.24, 2.45) is 11.5 Å². The van der Waals surface area contributed by atoms with Gasteiger partial charge < -0.3 is 11.5 Å². The van der Waals surface area contributed by atoms with Crippen molar-refractivity contribution in [3.63, 3.8) is 0 Å². The molecule has 2 unspecified atom stereocenters. The highest BCUT2D eigenvalue weighted by atomic mass is 32.2. The summed E-state index contributed by atoms with van der Waals surface area (Å²) in [5.41, 5.74) is 15.5. The minimum absolute atomic E-state index is 0.436. The van der Waals surface area contributed by atoms with Crippen LogP contribution in [0.4, 0.5) is 0 Å². The van der Waals surface area contributed by atoms with Crippen molar-refractivity contribution in [3.05, 3.63) is 65.8 Å². The van der Waals surface area contributed by atoms with E-state index in [1.165, 1.54) is 4.31 Å².